The van der Waals surface area contributed by atoms with Gasteiger partial charge in [-0.15, -0.1) is 0 Å². The second-order valence-electron chi connectivity index (χ2n) is 8.14. The maximum Gasteiger partial charge on any atom is 0.134 e. The van der Waals surface area contributed by atoms with Crippen molar-refractivity contribution in [2.45, 2.75) is 25.4 Å². The second kappa shape index (κ2) is 7.98. The van der Waals surface area contributed by atoms with E-state index in [4.69, 9.17) is 4.42 Å². The van der Waals surface area contributed by atoms with Crippen molar-refractivity contribution in [1.82, 2.24) is 9.80 Å². The Labute approximate surface area is 167 Å². The Morgan fingerprint density at radius 2 is 1.64 bits per heavy atom. The summed E-state index contributed by atoms with van der Waals surface area (Å²) in [4.78, 5) is 7.81. The van der Waals surface area contributed by atoms with Crippen LogP contribution in [0.4, 0.5) is 5.69 Å². The summed E-state index contributed by atoms with van der Waals surface area (Å²) in [6, 6.07) is 22.0. The number of nitrogens with zero attached hydrogens (tertiary/aromatic N) is 3. The van der Waals surface area contributed by atoms with Gasteiger partial charge < -0.3 is 9.32 Å². The summed E-state index contributed by atoms with van der Waals surface area (Å²) in [5.74, 6) is 1.09. The molecule has 0 aliphatic carbocycles. The molecule has 0 radical (unpaired) electrons. The zero-order valence-corrected chi connectivity index (χ0v) is 16.5. The lowest BCUT2D eigenvalue weighted by Gasteiger charge is -2.43. The number of rotatable bonds is 4. The molecule has 3 aromatic rings. The normalized spacial score (nSPS) is 22.0. The predicted molar refractivity (Wildman–Crippen MR) is 115 cm³/mol. The first-order valence-electron chi connectivity index (χ1n) is 10.6. The SMILES string of the molecule is c1ccc(N2CCN(C3CCCN(Cc4cc5ccccc5o4)C3)CC2)cc1. The lowest BCUT2D eigenvalue weighted by Crippen LogP contribution is -2.55. The van der Waals surface area contributed by atoms with E-state index in [1.807, 2.05) is 6.07 Å². The third-order valence-corrected chi connectivity index (χ3v) is 6.29. The Hall–Kier alpha value is -2.30. The molecule has 2 saturated heterocycles. The zero-order valence-electron chi connectivity index (χ0n) is 16.5. The number of hydrogen-bond acceptors (Lipinski definition) is 4. The third-order valence-electron chi connectivity index (χ3n) is 6.29. The van der Waals surface area contributed by atoms with Crippen molar-refractivity contribution in [2.24, 2.45) is 0 Å². The molecule has 3 heterocycles. The number of hydrogen-bond donors (Lipinski definition) is 0. The average molecular weight is 376 g/mol. The van der Waals surface area contributed by atoms with Crippen molar-refractivity contribution in [1.29, 1.82) is 0 Å². The van der Waals surface area contributed by atoms with E-state index in [-0.39, 0.29) is 0 Å². The monoisotopic (exact) mass is 375 g/mol. The summed E-state index contributed by atoms with van der Waals surface area (Å²) >= 11 is 0. The van der Waals surface area contributed by atoms with Crippen LogP contribution in [0.3, 0.4) is 0 Å². The number of furan rings is 1. The predicted octanol–water partition coefficient (Wildman–Crippen LogP) is 4.22. The fraction of sp³-hybridized carbons (Fsp3) is 0.417. The van der Waals surface area contributed by atoms with E-state index in [0.717, 1.165) is 50.6 Å². The van der Waals surface area contributed by atoms with Gasteiger partial charge in [0.15, 0.2) is 0 Å². The molecule has 0 N–H and O–H groups in total. The highest BCUT2D eigenvalue weighted by molar-refractivity contribution is 5.77. The minimum atomic E-state index is 0.677. The first-order valence-corrected chi connectivity index (χ1v) is 10.6. The summed E-state index contributed by atoms with van der Waals surface area (Å²) in [6.07, 6.45) is 2.60. The van der Waals surface area contributed by atoms with Gasteiger partial charge in [0.2, 0.25) is 0 Å². The summed E-state index contributed by atoms with van der Waals surface area (Å²) in [6.45, 7) is 7.85. The highest BCUT2D eigenvalue weighted by Crippen LogP contribution is 2.24. The number of piperazine rings is 1. The number of likely N-dealkylation sites (tertiary alicyclic amines) is 1. The maximum atomic E-state index is 6.05. The van der Waals surface area contributed by atoms with Gasteiger partial charge in [0.25, 0.3) is 0 Å². The van der Waals surface area contributed by atoms with Crippen molar-refractivity contribution in [3.63, 3.8) is 0 Å². The zero-order chi connectivity index (χ0) is 18.8. The van der Waals surface area contributed by atoms with E-state index in [2.05, 4.69) is 69.3 Å². The van der Waals surface area contributed by atoms with Crippen LogP contribution in [0, 0.1) is 0 Å². The van der Waals surface area contributed by atoms with Gasteiger partial charge in [0.1, 0.15) is 11.3 Å². The molecular weight excluding hydrogens is 346 g/mol. The Kier molecular flexibility index (Phi) is 5.06. The smallest absolute Gasteiger partial charge is 0.134 e. The van der Waals surface area contributed by atoms with Crippen LogP contribution < -0.4 is 4.90 Å². The molecule has 28 heavy (non-hydrogen) atoms. The van der Waals surface area contributed by atoms with Gasteiger partial charge >= 0.3 is 0 Å². The second-order valence-corrected chi connectivity index (χ2v) is 8.14. The van der Waals surface area contributed by atoms with E-state index >= 15 is 0 Å². The van der Waals surface area contributed by atoms with Gasteiger partial charge in [-0.05, 0) is 43.7 Å². The third kappa shape index (κ3) is 3.80. The van der Waals surface area contributed by atoms with Crippen LogP contribution >= 0.6 is 0 Å². The van der Waals surface area contributed by atoms with Crippen LogP contribution in [-0.4, -0.2) is 55.1 Å². The number of piperidine rings is 1. The number of anilines is 1. The molecule has 0 amide bonds. The van der Waals surface area contributed by atoms with Crippen LogP contribution in [-0.2, 0) is 6.54 Å². The summed E-state index contributed by atoms with van der Waals surface area (Å²) in [7, 11) is 0. The Morgan fingerprint density at radius 1 is 0.857 bits per heavy atom. The highest BCUT2D eigenvalue weighted by atomic mass is 16.3. The molecule has 5 rings (SSSR count). The molecule has 1 unspecified atom stereocenters. The Morgan fingerprint density at radius 3 is 2.46 bits per heavy atom. The molecule has 146 valence electrons. The fourth-order valence-corrected chi connectivity index (χ4v) is 4.79. The van der Waals surface area contributed by atoms with Crippen LogP contribution in [0.25, 0.3) is 11.0 Å². The molecule has 1 atom stereocenters. The van der Waals surface area contributed by atoms with Crippen molar-refractivity contribution >= 4 is 16.7 Å². The minimum Gasteiger partial charge on any atom is -0.460 e. The lowest BCUT2D eigenvalue weighted by atomic mass is 10.0. The van der Waals surface area contributed by atoms with E-state index in [1.165, 1.54) is 30.5 Å². The number of para-hydroxylation sites is 2. The van der Waals surface area contributed by atoms with E-state index < -0.39 is 0 Å². The first-order chi connectivity index (χ1) is 13.8. The molecule has 2 aromatic carbocycles. The maximum absolute atomic E-state index is 6.05. The quantitative estimate of drug-likeness (QED) is 0.681. The molecule has 4 heteroatoms. The number of fused-ring (bicyclic) bond motifs is 1. The molecule has 0 spiro atoms. The van der Waals surface area contributed by atoms with Gasteiger partial charge in [-0.1, -0.05) is 36.4 Å². The van der Waals surface area contributed by atoms with Gasteiger partial charge in [0.05, 0.1) is 6.54 Å². The number of benzene rings is 2. The van der Waals surface area contributed by atoms with Gasteiger partial charge in [0, 0.05) is 49.8 Å². The molecule has 2 fully saturated rings. The fourth-order valence-electron chi connectivity index (χ4n) is 4.79. The van der Waals surface area contributed by atoms with Crippen LogP contribution in [0.5, 0.6) is 0 Å². The van der Waals surface area contributed by atoms with Gasteiger partial charge in [-0.3, -0.25) is 9.80 Å². The Bertz CT molecular complexity index is 865. The lowest BCUT2D eigenvalue weighted by molar-refractivity contribution is 0.0852. The molecule has 1 aromatic heterocycles. The summed E-state index contributed by atoms with van der Waals surface area (Å²) in [5.41, 5.74) is 2.36. The van der Waals surface area contributed by atoms with E-state index in [9.17, 15) is 0 Å². The molecule has 0 bridgehead atoms. The van der Waals surface area contributed by atoms with Crippen molar-refractivity contribution in [3.8, 4) is 0 Å². The highest BCUT2D eigenvalue weighted by Gasteiger charge is 2.28. The van der Waals surface area contributed by atoms with Gasteiger partial charge in [-0.2, -0.15) is 0 Å². The Balaban J connectivity index is 1.18. The van der Waals surface area contributed by atoms with Crippen molar-refractivity contribution in [2.75, 3.05) is 44.2 Å². The standard InChI is InChI=1S/C24H29N3O/c1-2-8-21(9-3-1)26-13-15-27(16-14-26)22-10-6-12-25(18-22)19-23-17-20-7-4-5-11-24(20)28-23/h1-5,7-9,11,17,22H,6,10,12-16,18-19H2. The summed E-state index contributed by atoms with van der Waals surface area (Å²) in [5, 5.41) is 1.21. The first kappa shape index (κ1) is 17.8. The van der Waals surface area contributed by atoms with Gasteiger partial charge in [-0.25, -0.2) is 0 Å². The van der Waals surface area contributed by atoms with Crippen molar-refractivity contribution in [3.05, 3.63) is 66.4 Å². The molecule has 4 nitrogen and oxygen atoms in total. The van der Waals surface area contributed by atoms with E-state index in [1.54, 1.807) is 0 Å². The van der Waals surface area contributed by atoms with Crippen LogP contribution in [0.1, 0.15) is 18.6 Å². The average Bonchev–Trinajstić information content (AvgIpc) is 3.17. The molecule has 2 aliphatic rings. The molecule has 0 saturated carbocycles. The topological polar surface area (TPSA) is 22.9 Å². The van der Waals surface area contributed by atoms with Crippen molar-refractivity contribution < 1.29 is 4.42 Å². The van der Waals surface area contributed by atoms with Crippen LogP contribution in [0.2, 0.25) is 0 Å². The minimum absolute atomic E-state index is 0.677. The molecule has 2 aliphatic heterocycles. The largest absolute Gasteiger partial charge is 0.460 e. The summed E-state index contributed by atoms with van der Waals surface area (Å²) < 4.78 is 6.05. The van der Waals surface area contributed by atoms with E-state index in [0.29, 0.717) is 6.04 Å². The molecular formula is C24H29N3O. The van der Waals surface area contributed by atoms with Crippen LogP contribution in [0.15, 0.2) is 65.1 Å².